The summed E-state index contributed by atoms with van der Waals surface area (Å²) in [5.41, 5.74) is 4.59. The van der Waals surface area contributed by atoms with Gasteiger partial charge in [-0.15, -0.1) is 0 Å². The average molecular weight is 570 g/mol. The molecule has 1 unspecified atom stereocenters. The number of rotatable bonds is 10. The number of hydrogen-bond acceptors (Lipinski definition) is 7. The van der Waals surface area contributed by atoms with E-state index in [0.717, 1.165) is 36.4 Å². The van der Waals surface area contributed by atoms with E-state index in [1.165, 1.54) is 5.56 Å². The second kappa shape index (κ2) is 13.2. The Balaban J connectivity index is 1.40. The molecule has 8 nitrogen and oxygen atoms in total. The van der Waals surface area contributed by atoms with Crippen molar-refractivity contribution in [2.75, 3.05) is 58.4 Å². The van der Waals surface area contributed by atoms with E-state index in [2.05, 4.69) is 11.0 Å². The van der Waals surface area contributed by atoms with Crippen LogP contribution in [0, 0.1) is 6.92 Å². The summed E-state index contributed by atoms with van der Waals surface area (Å²) in [4.78, 5) is 32.7. The summed E-state index contributed by atoms with van der Waals surface area (Å²) in [5.74, 6) is -0.790. The van der Waals surface area contributed by atoms with Gasteiger partial charge in [-0.2, -0.15) is 0 Å². The SMILES string of the molecule is Cc1cccc(COc2ccc(/C(O)=C3\C(=O)C(=O)N(CCCN4CCOCC4)C3c3ccc(N(C)C)cc3)cc2)c1. The number of likely N-dealkylation sites (tertiary alicyclic amines) is 1. The molecule has 0 radical (unpaired) electrons. The highest BCUT2D eigenvalue weighted by Crippen LogP contribution is 2.40. The van der Waals surface area contributed by atoms with Crippen LogP contribution in [0.2, 0.25) is 0 Å². The minimum Gasteiger partial charge on any atom is -0.507 e. The van der Waals surface area contributed by atoms with Crippen molar-refractivity contribution in [3.05, 3.63) is 101 Å². The zero-order chi connectivity index (χ0) is 29.6. The van der Waals surface area contributed by atoms with Crippen molar-refractivity contribution in [1.29, 1.82) is 0 Å². The summed E-state index contributed by atoms with van der Waals surface area (Å²) >= 11 is 0. The summed E-state index contributed by atoms with van der Waals surface area (Å²) in [6.45, 7) is 6.81. The largest absolute Gasteiger partial charge is 0.507 e. The summed E-state index contributed by atoms with van der Waals surface area (Å²) in [5, 5.41) is 11.5. The Labute approximate surface area is 247 Å². The van der Waals surface area contributed by atoms with Gasteiger partial charge in [-0.05, 0) is 60.9 Å². The number of nitrogens with zero attached hydrogens (tertiary/aromatic N) is 3. The minimum absolute atomic E-state index is 0.109. The van der Waals surface area contributed by atoms with Crippen LogP contribution in [0.4, 0.5) is 5.69 Å². The lowest BCUT2D eigenvalue weighted by atomic mass is 9.95. The standard InChI is InChI=1S/C34H39N3O5/c1-24-6-4-7-25(22-24)23-42-29-14-10-27(11-15-29)32(38)30-31(26-8-12-28(13-9-26)35(2)3)37(34(40)33(30)39)17-5-16-36-18-20-41-21-19-36/h4,6-15,22,31,38H,5,16-21,23H2,1-3H3/b32-30+. The van der Waals surface area contributed by atoms with Crippen LogP contribution in [0.5, 0.6) is 5.75 Å². The van der Waals surface area contributed by atoms with E-state index in [-0.39, 0.29) is 11.3 Å². The maximum Gasteiger partial charge on any atom is 0.295 e. The van der Waals surface area contributed by atoms with E-state index in [1.807, 2.05) is 68.4 Å². The van der Waals surface area contributed by atoms with Crippen LogP contribution in [-0.4, -0.2) is 80.1 Å². The smallest absolute Gasteiger partial charge is 0.295 e. The summed E-state index contributed by atoms with van der Waals surface area (Å²) in [6, 6.07) is 22.2. The van der Waals surface area contributed by atoms with Gasteiger partial charge >= 0.3 is 0 Å². The predicted molar refractivity (Wildman–Crippen MR) is 164 cm³/mol. The summed E-state index contributed by atoms with van der Waals surface area (Å²) in [7, 11) is 3.92. The minimum atomic E-state index is -0.678. The van der Waals surface area contributed by atoms with Crippen molar-refractivity contribution in [2.45, 2.75) is 26.0 Å². The van der Waals surface area contributed by atoms with Gasteiger partial charge in [0, 0.05) is 51.5 Å². The molecule has 0 aromatic heterocycles. The number of anilines is 1. The van der Waals surface area contributed by atoms with Crippen LogP contribution in [0.3, 0.4) is 0 Å². The Morgan fingerprint density at radius 2 is 1.69 bits per heavy atom. The molecule has 3 aromatic rings. The van der Waals surface area contributed by atoms with Crippen LogP contribution < -0.4 is 9.64 Å². The van der Waals surface area contributed by atoms with Gasteiger partial charge < -0.3 is 24.4 Å². The van der Waals surface area contributed by atoms with Crippen molar-refractivity contribution in [1.82, 2.24) is 9.80 Å². The molecule has 2 fully saturated rings. The Bertz CT molecular complexity index is 1430. The molecule has 0 saturated carbocycles. The van der Waals surface area contributed by atoms with Crippen molar-refractivity contribution < 1.29 is 24.2 Å². The lowest BCUT2D eigenvalue weighted by Crippen LogP contribution is -2.38. The molecular formula is C34H39N3O5. The third kappa shape index (κ3) is 6.66. The zero-order valence-corrected chi connectivity index (χ0v) is 24.6. The van der Waals surface area contributed by atoms with E-state index < -0.39 is 17.7 Å². The predicted octanol–water partition coefficient (Wildman–Crippen LogP) is 4.78. The molecule has 2 aliphatic heterocycles. The number of benzene rings is 3. The van der Waals surface area contributed by atoms with Crippen LogP contribution in [0.15, 0.2) is 78.4 Å². The van der Waals surface area contributed by atoms with Crippen LogP contribution in [-0.2, 0) is 20.9 Å². The molecule has 2 aliphatic rings. The van der Waals surface area contributed by atoms with Gasteiger partial charge in [0.1, 0.15) is 18.1 Å². The van der Waals surface area contributed by atoms with Crippen molar-refractivity contribution >= 4 is 23.1 Å². The first-order chi connectivity index (χ1) is 20.3. The fourth-order valence-electron chi connectivity index (χ4n) is 5.53. The molecule has 0 spiro atoms. The quantitative estimate of drug-likeness (QED) is 0.214. The molecule has 1 atom stereocenters. The number of aliphatic hydroxyl groups excluding tert-OH is 1. The fraction of sp³-hybridized carbons (Fsp3) is 0.353. The average Bonchev–Trinajstić information content (AvgIpc) is 3.25. The van der Waals surface area contributed by atoms with E-state index in [4.69, 9.17) is 9.47 Å². The molecule has 3 aromatic carbocycles. The van der Waals surface area contributed by atoms with Gasteiger partial charge in [0.2, 0.25) is 0 Å². The molecule has 2 heterocycles. The molecule has 0 bridgehead atoms. The third-order valence-corrected chi connectivity index (χ3v) is 7.86. The zero-order valence-electron chi connectivity index (χ0n) is 24.6. The summed E-state index contributed by atoms with van der Waals surface area (Å²) < 4.78 is 11.4. The number of aryl methyl sites for hydroxylation is 1. The molecular weight excluding hydrogens is 530 g/mol. The van der Waals surface area contributed by atoms with E-state index in [1.54, 1.807) is 29.2 Å². The van der Waals surface area contributed by atoms with Crippen LogP contribution in [0.1, 0.15) is 34.7 Å². The summed E-state index contributed by atoms with van der Waals surface area (Å²) in [6.07, 6.45) is 0.715. The van der Waals surface area contributed by atoms with Gasteiger partial charge in [-0.1, -0.05) is 42.0 Å². The lowest BCUT2D eigenvalue weighted by Gasteiger charge is -2.29. The van der Waals surface area contributed by atoms with Crippen LogP contribution in [0.25, 0.3) is 5.76 Å². The number of carbonyl (C=O) groups is 2. The molecule has 8 heteroatoms. The number of amides is 1. The maximum absolute atomic E-state index is 13.4. The third-order valence-electron chi connectivity index (χ3n) is 7.86. The normalized spacial score (nSPS) is 18.8. The number of hydrogen-bond donors (Lipinski definition) is 1. The number of Topliss-reactive ketones (excluding diaryl/α,β-unsaturated/α-hetero) is 1. The van der Waals surface area contributed by atoms with Crippen LogP contribution >= 0.6 is 0 Å². The highest BCUT2D eigenvalue weighted by Gasteiger charge is 2.45. The topological polar surface area (TPSA) is 82.5 Å². The Morgan fingerprint density at radius 1 is 0.976 bits per heavy atom. The van der Waals surface area contributed by atoms with E-state index >= 15 is 0 Å². The first kappa shape index (κ1) is 29.4. The molecule has 42 heavy (non-hydrogen) atoms. The van der Waals surface area contributed by atoms with E-state index in [9.17, 15) is 14.7 Å². The first-order valence-corrected chi connectivity index (χ1v) is 14.5. The lowest BCUT2D eigenvalue weighted by molar-refractivity contribution is -0.140. The molecule has 0 aliphatic carbocycles. The highest BCUT2D eigenvalue weighted by atomic mass is 16.5. The van der Waals surface area contributed by atoms with E-state index in [0.29, 0.717) is 44.1 Å². The van der Waals surface area contributed by atoms with Crippen molar-refractivity contribution in [3.63, 3.8) is 0 Å². The Morgan fingerprint density at radius 3 is 2.36 bits per heavy atom. The molecule has 220 valence electrons. The van der Waals surface area contributed by atoms with Crippen molar-refractivity contribution in [3.8, 4) is 5.75 Å². The fourth-order valence-corrected chi connectivity index (χ4v) is 5.53. The van der Waals surface area contributed by atoms with Gasteiger partial charge in [0.25, 0.3) is 11.7 Å². The number of ether oxygens (including phenoxy) is 2. The molecule has 1 N–H and O–H groups in total. The Kier molecular flexibility index (Phi) is 9.25. The Hall–Kier alpha value is -4.14. The maximum atomic E-state index is 13.4. The second-order valence-corrected chi connectivity index (χ2v) is 11.1. The van der Waals surface area contributed by atoms with Gasteiger partial charge in [0.15, 0.2) is 0 Å². The second-order valence-electron chi connectivity index (χ2n) is 11.1. The number of carbonyl (C=O) groups excluding carboxylic acids is 2. The molecule has 5 rings (SSSR count). The van der Waals surface area contributed by atoms with Gasteiger partial charge in [-0.25, -0.2) is 0 Å². The van der Waals surface area contributed by atoms with Gasteiger partial charge in [-0.3, -0.25) is 14.5 Å². The highest BCUT2D eigenvalue weighted by molar-refractivity contribution is 6.46. The number of aliphatic hydroxyl groups is 1. The number of ketones is 1. The van der Waals surface area contributed by atoms with Crippen molar-refractivity contribution in [2.24, 2.45) is 0 Å². The number of morpholine rings is 1. The van der Waals surface area contributed by atoms with Gasteiger partial charge in [0.05, 0.1) is 24.8 Å². The first-order valence-electron chi connectivity index (χ1n) is 14.5. The monoisotopic (exact) mass is 569 g/mol. The molecule has 1 amide bonds. The molecule has 2 saturated heterocycles.